The van der Waals surface area contributed by atoms with Gasteiger partial charge in [0.25, 0.3) is 5.89 Å². The highest BCUT2D eigenvalue weighted by atomic mass is 16.5. The smallest absolute Gasteiger partial charge is 0.260 e. The third-order valence-electron chi connectivity index (χ3n) is 2.74. The second kappa shape index (κ2) is 4.99. The fraction of sp³-hybridized carbons (Fsp3) is 0.385. The molecule has 0 aliphatic carbocycles. The standard InChI is InChI=1S/C13H17N3O/c1-3-4-8-11-15-13(17-16-11)12-9(2)6-5-7-10(12)14/h5-7H,3-4,8,14H2,1-2H3. The van der Waals surface area contributed by atoms with Gasteiger partial charge < -0.3 is 10.3 Å². The predicted molar refractivity (Wildman–Crippen MR) is 67.5 cm³/mol. The molecule has 1 aromatic carbocycles. The minimum Gasteiger partial charge on any atom is -0.398 e. The Labute approximate surface area is 101 Å². The van der Waals surface area contributed by atoms with Gasteiger partial charge in [-0.3, -0.25) is 0 Å². The molecule has 90 valence electrons. The highest BCUT2D eigenvalue weighted by Gasteiger charge is 2.13. The van der Waals surface area contributed by atoms with Crippen LogP contribution in [0.1, 0.15) is 31.2 Å². The van der Waals surface area contributed by atoms with E-state index >= 15 is 0 Å². The molecule has 0 aliphatic rings. The molecule has 0 saturated heterocycles. The van der Waals surface area contributed by atoms with Gasteiger partial charge in [0.15, 0.2) is 5.82 Å². The van der Waals surface area contributed by atoms with Gasteiger partial charge in [0.05, 0.1) is 5.56 Å². The predicted octanol–water partition coefficient (Wildman–Crippen LogP) is 2.97. The summed E-state index contributed by atoms with van der Waals surface area (Å²) in [4.78, 5) is 4.38. The lowest BCUT2D eigenvalue weighted by Gasteiger charge is -2.03. The van der Waals surface area contributed by atoms with Crippen LogP contribution in [0.2, 0.25) is 0 Å². The monoisotopic (exact) mass is 231 g/mol. The Hall–Kier alpha value is -1.84. The molecule has 0 bridgehead atoms. The number of benzene rings is 1. The highest BCUT2D eigenvalue weighted by Crippen LogP contribution is 2.27. The maximum atomic E-state index is 5.94. The summed E-state index contributed by atoms with van der Waals surface area (Å²) < 4.78 is 5.27. The van der Waals surface area contributed by atoms with Gasteiger partial charge in [-0.25, -0.2) is 0 Å². The number of hydrogen-bond acceptors (Lipinski definition) is 4. The average molecular weight is 231 g/mol. The van der Waals surface area contributed by atoms with Crippen LogP contribution in [0, 0.1) is 6.92 Å². The minimum absolute atomic E-state index is 0.520. The van der Waals surface area contributed by atoms with Crippen molar-refractivity contribution in [2.24, 2.45) is 0 Å². The molecule has 0 radical (unpaired) electrons. The molecule has 0 unspecified atom stereocenters. The van der Waals surface area contributed by atoms with E-state index in [1.165, 1.54) is 0 Å². The van der Waals surface area contributed by atoms with Crippen molar-refractivity contribution in [2.45, 2.75) is 33.1 Å². The summed E-state index contributed by atoms with van der Waals surface area (Å²) in [5, 5.41) is 3.97. The number of nitrogens with zero attached hydrogens (tertiary/aromatic N) is 2. The SMILES string of the molecule is CCCCc1noc(-c2c(C)cccc2N)n1. The van der Waals surface area contributed by atoms with Crippen LogP contribution in [0.3, 0.4) is 0 Å². The van der Waals surface area contributed by atoms with Crippen molar-refractivity contribution in [3.63, 3.8) is 0 Å². The van der Waals surface area contributed by atoms with Gasteiger partial charge in [0.2, 0.25) is 0 Å². The van der Waals surface area contributed by atoms with Crippen LogP contribution in [0.15, 0.2) is 22.7 Å². The molecule has 4 heteroatoms. The number of rotatable bonds is 4. The third kappa shape index (κ3) is 2.46. The second-order valence-corrected chi connectivity index (χ2v) is 4.16. The van der Waals surface area contributed by atoms with Gasteiger partial charge in [-0.05, 0) is 25.0 Å². The second-order valence-electron chi connectivity index (χ2n) is 4.16. The first-order valence-electron chi connectivity index (χ1n) is 5.90. The molecule has 1 aromatic heterocycles. The largest absolute Gasteiger partial charge is 0.398 e. The Morgan fingerprint density at radius 2 is 2.18 bits per heavy atom. The van der Waals surface area contributed by atoms with Crippen molar-refractivity contribution in [1.82, 2.24) is 10.1 Å². The average Bonchev–Trinajstić information content (AvgIpc) is 2.75. The highest BCUT2D eigenvalue weighted by molar-refractivity contribution is 5.73. The fourth-order valence-electron chi connectivity index (χ4n) is 1.77. The van der Waals surface area contributed by atoms with E-state index in [1.54, 1.807) is 0 Å². The van der Waals surface area contributed by atoms with E-state index in [1.807, 2.05) is 25.1 Å². The lowest BCUT2D eigenvalue weighted by Crippen LogP contribution is -1.93. The van der Waals surface area contributed by atoms with E-state index in [0.29, 0.717) is 11.6 Å². The Morgan fingerprint density at radius 1 is 1.35 bits per heavy atom. The zero-order chi connectivity index (χ0) is 12.3. The molecule has 0 spiro atoms. The minimum atomic E-state index is 0.520. The van der Waals surface area contributed by atoms with Gasteiger partial charge in [0.1, 0.15) is 0 Å². The van der Waals surface area contributed by atoms with Crippen molar-refractivity contribution in [3.8, 4) is 11.5 Å². The Bertz CT molecular complexity index is 485. The molecule has 0 amide bonds. The molecular formula is C13H17N3O. The molecule has 0 atom stereocenters. The van der Waals surface area contributed by atoms with Gasteiger partial charge in [-0.2, -0.15) is 4.98 Å². The molecule has 2 rings (SSSR count). The maximum Gasteiger partial charge on any atom is 0.260 e. The third-order valence-corrected chi connectivity index (χ3v) is 2.74. The van der Waals surface area contributed by atoms with Crippen molar-refractivity contribution < 1.29 is 4.52 Å². The van der Waals surface area contributed by atoms with Crippen LogP contribution in [-0.4, -0.2) is 10.1 Å². The van der Waals surface area contributed by atoms with Gasteiger partial charge in [-0.1, -0.05) is 30.6 Å². The van der Waals surface area contributed by atoms with E-state index in [-0.39, 0.29) is 0 Å². The summed E-state index contributed by atoms with van der Waals surface area (Å²) in [5.41, 5.74) is 8.51. The quantitative estimate of drug-likeness (QED) is 0.821. The van der Waals surface area contributed by atoms with Crippen LogP contribution >= 0.6 is 0 Å². The first kappa shape index (κ1) is 11.6. The first-order valence-corrected chi connectivity index (χ1v) is 5.90. The van der Waals surface area contributed by atoms with E-state index in [2.05, 4.69) is 17.1 Å². The summed E-state index contributed by atoms with van der Waals surface area (Å²) in [6.07, 6.45) is 3.05. The van der Waals surface area contributed by atoms with Crippen LogP contribution in [-0.2, 0) is 6.42 Å². The number of nitrogen functional groups attached to an aromatic ring is 1. The topological polar surface area (TPSA) is 64.9 Å². The number of unbranched alkanes of at least 4 members (excludes halogenated alkanes) is 1. The molecule has 0 saturated carbocycles. The van der Waals surface area contributed by atoms with Crippen LogP contribution in [0.5, 0.6) is 0 Å². The number of aryl methyl sites for hydroxylation is 2. The number of anilines is 1. The van der Waals surface area contributed by atoms with Crippen molar-refractivity contribution in [1.29, 1.82) is 0 Å². The van der Waals surface area contributed by atoms with E-state index in [9.17, 15) is 0 Å². The van der Waals surface area contributed by atoms with Crippen molar-refractivity contribution in [2.75, 3.05) is 5.73 Å². The van der Waals surface area contributed by atoms with Crippen LogP contribution < -0.4 is 5.73 Å². The lowest BCUT2D eigenvalue weighted by atomic mass is 10.1. The molecule has 4 nitrogen and oxygen atoms in total. The van der Waals surface area contributed by atoms with Gasteiger partial charge in [-0.15, -0.1) is 0 Å². The molecule has 1 heterocycles. The van der Waals surface area contributed by atoms with Gasteiger partial charge in [0, 0.05) is 12.1 Å². The lowest BCUT2D eigenvalue weighted by molar-refractivity contribution is 0.421. The first-order chi connectivity index (χ1) is 8.22. The molecule has 0 aliphatic heterocycles. The van der Waals surface area contributed by atoms with Crippen molar-refractivity contribution >= 4 is 5.69 Å². The summed E-state index contributed by atoms with van der Waals surface area (Å²) in [5.74, 6) is 1.27. The van der Waals surface area contributed by atoms with E-state index < -0.39 is 0 Å². The van der Waals surface area contributed by atoms with Crippen LogP contribution in [0.25, 0.3) is 11.5 Å². The Balaban J connectivity index is 2.30. The zero-order valence-electron chi connectivity index (χ0n) is 10.2. The number of hydrogen-bond donors (Lipinski definition) is 1. The summed E-state index contributed by atoms with van der Waals surface area (Å²) in [6, 6.07) is 5.75. The van der Waals surface area contributed by atoms with Gasteiger partial charge >= 0.3 is 0 Å². The maximum absolute atomic E-state index is 5.94. The summed E-state index contributed by atoms with van der Waals surface area (Å²) in [6.45, 7) is 4.13. The molecule has 2 N–H and O–H groups in total. The van der Waals surface area contributed by atoms with Crippen LogP contribution in [0.4, 0.5) is 5.69 Å². The van der Waals surface area contributed by atoms with E-state index in [0.717, 1.165) is 36.2 Å². The molecule has 0 fully saturated rings. The zero-order valence-corrected chi connectivity index (χ0v) is 10.2. The van der Waals surface area contributed by atoms with Crippen molar-refractivity contribution in [3.05, 3.63) is 29.6 Å². The molecule has 2 aromatic rings. The number of nitrogens with two attached hydrogens (primary N) is 1. The normalized spacial score (nSPS) is 10.7. The summed E-state index contributed by atoms with van der Waals surface area (Å²) >= 11 is 0. The summed E-state index contributed by atoms with van der Waals surface area (Å²) in [7, 11) is 0. The Kier molecular flexibility index (Phi) is 3.42. The fourth-order valence-corrected chi connectivity index (χ4v) is 1.77. The molecule has 17 heavy (non-hydrogen) atoms. The number of aromatic nitrogens is 2. The van der Waals surface area contributed by atoms with E-state index in [4.69, 9.17) is 10.3 Å². The Morgan fingerprint density at radius 3 is 2.88 bits per heavy atom. The molecular weight excluding hydrogens is 214 g/mol.